The van der Waals surface area contributed by atoms with Gasteiger partial charge in [0.2, 0.25) is 0 Å². The Balaban J connectivity index is 2.33. The van der Waals surface area contributed by atoms with Gasteiger partial charge in [-0.3, -0.25) is 4.79 Å². The van der Waals surface area contributed by atoms with Gasteiger partial charge >= 0.3 is 0 Å². The van der Waals surface area contributed by atoms with E-state index in [0.717, 1.165) is 0 Å². The molecule has 0 atom stereocenters. The monoisotopic (exact) mass is 360 g/mol. The second-order valence-corrected chi connectivity index (χ2v) is 6.01. The lowest BCUT2D eigenvalue weighted by Crippen LogP contribution is -2.13. The molecule has 2 aromatic rings. The van der Waals surface area contributed by atoms with Gasteiger partial charge in [0, 0.05) is 0 Å². The maximum absolute atomic E-state index is 12.3. The summed E-state index contributed by atoms with van der Waals surface area (Å²) in [5.74, 6) is -0.397. The minimum absolute atomic E-state index is 0.0875. The second-order valence-electron chi connectivity index (χ2n) is 5.23. The third-order valence-corrected chi connectivity index (χ3v) is 4.21. The molecule has 4 nitrogen and oxygen atoms in total. The van der Waals surface area contributed by atoms with E-state index in [9.17, 15) is 15.2 Å². The van der Waals surface area contributed by atoms with Crippen LogP contribution in [0.4, 0.5) is 5.69 Å². The highest BCUT2D eigenvalue weighted by atomic mass is 35.5. The summed E-state index contributed by atoms with van der Waals surface area (Å²) in [5, 5.41) is 22.1. The summed E-state index contributed by atoms with van der Waals surface area (Å²) in [7, 11) is 0. The molecule has 6 heteroatoms. The first-order valence-corrected chi connectivity index (χ1v) is 7.76. The Morgan fingerprint density at radius 3 is 2.46 bits per heavy atom. The predicted molar refractivity (Wildman–Crippen MR) is 96.3 cm³/mol. The number of aromatic hydroxyl groups is 1. The summed E-state index contributed by atoms with van der Waals surface area (Å²) in [6, 6.07) is 10.1. The van der Waals surface area contributed by atoms with Crippen LogP contribution in [0.1, 0.15) is 16.7 Å². The summed E-state index contributed by atoms with van der Waals surface area (Å²) >= 11 is 11.9. The number of amides is 1. The van der Waals surface area contributed by atoms with Crippen LogP contribution in [0.25, 0.3) is 6.08 Å². The molecule has 0 aliphatic carbocycles. The molecule has 2 N–H and O–H groups in total. The first-order chi connectivity index (χ1) is 11.3. The number of carbonyl (C=O) groups excluding carboxylic acids is 1. The molecule has 0 aromatic heterocycles. The molecule has 0 spiro atoms. The van der Waals surface area contributed by atoms with E-state index in [1.54, 1.807) is 44.2 Å². The zero-order valence-corrected chi connectivity index (χ0v) is 14.5. The third-order valence-electron chi connectivity index (χ3n) is 3.39. The standard InChI is InChI=1S/C18H14Cl2N2O2/c1-10-6-12(7-11(2)17(10)23)8-13(9-21)18(24)22-15-5-3-4-14(19)16(15)20/h3-8,23H,1-2H3,(H,22,24)/b13-8+. The first kappa shape index (κ1) is 17.9. The number of nitrogens with zero attached hydrogens (tertiary/aromatic N) is 1. The van der Waals surface area contributed by atoms with Crippen molar-refractivity contribution in [2.45, 2.75) is 13.8 Å². The lowest BCUT2D eigenvalue weighted by atomic mass is 10.0. The smallest absolute Gasteiger partial charge is 0.266 e. The Bertz CT molecular complexity index is 860. The van der Waals surface area contributed by atoms with Gasteiger partial charge in [-0.15, -0.1) is 0 Å². The van der Waals surface area contributed by atoms with Gasteiger partial charge in [0.15, 0.2) is 0 Å². The normalized spacial score (nSPS) is 11.0. The first-order valence-electron chi connectivity index (χ1n) is 7.01. The molecular weight excluding hydrogens is 347 g/mol. The van der Waals surface area contributed by atoms with Gasteiger partial charge in [-0.2, -0.15) is 5.26 Å². The molecule has 0 saturated carbocycles. The van der Waals surface area contributed by atoms with Crippen molar-refractivity contribution in [2.24, 2.45) is 0 Å². The number of hydrogen-bond acceptors (Lipinski definition) is 3. The van der Waals surface area contributed by atoms with Crippen molar-refractivity contribution in [3.8, 4) is 11.8 Å². The number of nitriles is 1. The molecule has 0 radical (unpaired) electrons. The van der Waals surface area contributed by atoms with E-state index in [2.05, 4.69) is 5.32 Å². The van der Waals surface area contributed by atoms with Crippen LogP contribution < -0.4 is 5.32 Å². The average molecular weight is 361 g/mol. The number of phenolic OH excluding ortho intramolecular Hbond substituents is 1. The molecule has 2 rings (SSSR count). The highest BCUT2D eigenvalue weighted by Crippen LogP contribution is 2.30. The number of benzene rings is 2. The Hall–Kier alpha value is -2.48. The molecule has 0 saturated heterocycles. The Kier molecular flexibility index (Phi) is 5.50. The van der Waals surface area contributed by atoms with E-state index in [1.165, 1.54) is 6.08 Å². The molecule has 0 aliphatic rings. The number of carbonyl (C=O) groups is 1. The van der Waals surface area contributed by atoms with Crippen LogP contribution in [0, 0.1) is 25.2 Å². The summed E-state index contributed by atoms with van der Waals surface area (Å²) in [6.45, 7) is 3.50. The number of anilines is 1. The molecule has 122 valence electrons. The number of phenols is 1. The number of nitrogens with one attached hydrogen (secondary N) is 1. The lowest BCUT2D eigenvalue weighted by Gasteiger charge is -2.08. The van der Waals surface area contributed by atoms with Gasteiger partial charge in [0.25, 0.3) is 5.91 Å². The van der Waals surface area contributed by atoms with Crippen LogP contribution in [0.15, 0.2) is 35.9 Å². The van der Waals surface area contributed by atoms with Crippen LogP contribution in [-0.4, -0.2) is 11.0 Å². The largest absolute Gasteiger partial charge is 0.507 e. The van der Waals surface area contributed by atoms with Crippen molar-refractivity contribution in [3.05, 3.63) is 62.6 Å². The van der Waals surface area contributed by atoms with Gasteiger partial charge < -0.3 is 10.4 Å². The van der Waals surface area contributed by atoms with Crippen molar-refractivity contribution in [1.29, 1.82) is 5.26 Å². The van der Waals surface area contributed by atoms with Crippen molar-refractivity contribution in [3.63, 3.8) is 0 Å². The predicted octanol–water partition coefficient (Wildman–Crippen LogP) is 4.86. The van der Waals surface area contributed by atoms with Gasteiger partial charge in [0.1, 0.15) is 17.4 Å². The van der Waals surface area contributed by atoms with E-state index in [4.69, 9.17) is 23.2 Å². The highest BCUT2D eigenvalue weighted by molar-refractivity contribution is 6.44. The molecule has 0 bridgehead atoms. The second kappa shape index (κ2) is 7.39. The fourth-order valence-corrected chi connectivity index (χ4v) is 2.53. The Labute approximate surface area is 149 Å². The topological polar surface area (TPSA) is 73.1 Å². The Morgan fingerprint density at radius 2 is 1.88 bits per heavy atom. The zero-order chi connectivity index (χ0) is 17.9. The van der Waals surface area contributed by atoms with Gasteiger partial charge in [-0.1, -0.05) is 29.3 Å². The van der Waals surface area contributed by atoms with E-state index in [0.29, 0.717) is 27.4 Å². The highest BCUT2D eigenvalue weighted by Gasteiger charge is 2.13. The molecule has 2 aromatic carbocycles. The Morgan fingerprint density at radius 1 is 1.25 bits per heavy atom. The quantitative estimate of drug-likeness (QED) is 0.606. The SMILES string of the molecule is Cc1cc(/C=C(\C#N)C(=O)Nc2cccc(Cl)c2Cl)cc(C)c1O. The van der Waals surface area contributed by atoms with Gasteiger partial charge in [-0.25, -0.2) is 0 Å². The summed E-state index contributed by atoms with van der Waals surface area (Å²) in [5.41, 5.74) is 2.21. The van der Waals surface area contributed by atoms with Crippen LogP contribution in [-0.2, 0) is 4.79 Å². The van der Waals surface area contributed by atoms with Crippen LogP contribution in [0.5, 0.6) is 5.75 Å². The van der Waals surface area contributed by atoms with Crippen molar-refractivity contribution >= 4 is 40.9 Å². The lowest BCUT2D eigenvalue weighted by molar-refractivity contribution is -0.112. The van der Waals surface area contributed by atoms with E-state index in [1.807, 2.05) is 6.07 Å². The van der Waals surface area contributed by atoms with Gasteiger partial charge in [0.05, 0.1) is 15.7 Å². The summed E-state index contributed by atoms with van der Waals surface area (Å²) < 4.78 is 0. The molecule has 0 unspecified atom stereocenters. The molecular formula is C18H14Cl2N2O2. The van der Waals surface area contributed by atoms with Crippen molar-refractivity contribution < 1.29 is 9.90 Å². The minimum Gasteiger partial charge on any atom is -0.507 e. The van der Waals surface area contributed by atoms with Crippen LogP contribution >= 0.6 is 23.2 Å². The molecule has 1 amide bonds. The van der Waals surface area contributed by atoms with Crippen molar-refractivity contribution in [2.75, 3.05) is 5.32 Å². The maximum atomic E-state index is 12.3. The number of rotatable bonds is 3. The number of aryl methyl sites for hydroxylation is 2. The fourth-order valence-electron chi connectivity index (χ4n) is 2.18. The van der Waals surface area contributed by atoms with Gasteiger partial charge in [-0.05, 0) is 60.9 Å². The summed E-state index contributed by atoms with van der Waals surface area (Å²) in [4.78, 5) is 12.3. The van der Waals surface area contributed by atoms with E-state index >= 15 is 0 Å². The molecule has 24 heavy (non-hydrogen) atoms. The van der Waals surface area contributed by atoms with Crippen LogP contribution in [0.3, 0.4) is 0 Å². The summed E-state index contributed by atoms with van der Waals surface area (Å²) in [6.07, 6.45) is 1.45. The average Bonchev–Trinajstić information content (AvgIpc) is 2.54. The van der Waals surface area contributed by atoms with E-state index < -0.39 is 5.91 Å². The zero-order valence-electron chi connectivity index (χ0n) is 13.0. The molecule has 0 fully saturated rings. The number of halogens is 2. The third kappa shape index (κ3) is 3.88. The molecule has 0 heterocycles. The van der Waals surface area contributed by atoms with Crippen molar-refractivity contribution in [1.82, 2.24) is 0 Å². The fraction of sp³-hybridized carbons (Fsp3) is 0.111. The van der Waals surface area contributed by atoms with Crippen LogP contribution in [0.2, 0.25) is 10.0 Å². The number of hydrogen-bond donors (Lipinski definition) is 2. The maximum Gasteiger partial charge on any atom is 0.266 e. The van der Waals surface area contributed by atoms with E-state index in [-0.39, 0.29) is 16.3 Å². The minimum atomic E-state index is -0.593. The molecule has 0 aliphatic heterocycles.